The summed E-state index contributed by atoms with van der Waals surface area (Å²) in [4.78, 5) is 19.3. The summed E-state index contributed by atoms with van der Waals surface area (Å²) in [5.74, 6) is 0.835. The van der Waals surface area contributed by atoms with Gasteiger partial charge in [0.2, 0.25) is 5.82 Å². The molecule has 2 aromatic carbocycles. The van der Waals surface area contributed by atoms with E-state index in [4.69, 9.17) is 16.1 Å². The molecule has 4 aromatic rings. The van der Waals surface area contributed by atoms with Crippen LogP contribution in [0.1, 0.15) is 24.8 Å². The number of fused-ring (bicyclic) bond motifs is 1. The van der Waals surface area contributed by atoms with E-state index in [-0.39, 0.29) is 5.69 Å². The number of nitrogens with zero attached hydrogens (tertiary/aromatic N) is 3. The zero-order valence-corrected chi connectivity index (χ0v) is 15.4. The Labute approximate surface area is 160 Å². The lowest BCUT2D eigenvalue weighted by molar-refractivity contribution is 0.411. The number of H-pyrrole nitrogens is 1. The van der Waals surface area contributed by atoms with Gasteiger partial charge >= 0.3 is 5.69 Å². The largest absolute Gasteiger partial charge is 0.334 e. The van der Waals surface area contributed by atoms with Crippen LogP contribution >= 0.6 is 11.6 Å². The van der Waals surface area contributed by atoms with Gasteiger partial charge in [-0.3, -0.25) is 4.57 Å². The fraction of sp³-hybridized carbons (Fsp3) is 0.150. The van der Waals surface area contributed by atoms with Crippen LogP contribution in [-0.2, 0) is 6.54 Å². The maximum Gasteiger partial charge on any atom is 0.326 e. The van der Waals surface area contributed by atoms with Crippen molar-refractivity contribution in [2.75, 3.05) is 0 Å². The third-order valence-corrected chi connectivity index (χ3v) is 4.58. The van der Waals surface area contributed by atoms with Gasteiger partial charge in [0.25, 0.3) is 5.89 Å². The molecule has 0 aliphatic carbocycles. The van der Waals surface area contributed by atoms with Gasteiger partial charge in [-0.25, -0.2) is 4.79 Å². The lowest BCUT2D eigenvalue weighted by atomic mass is 10.2. The van der Waals surface area contributed by atoms with Crippen LogP contribution in [0.4, 0.5) is 0 Å². The number of aromatic amines is 1. The average molecular weight is 381 g/mol. The average Bonchev–Trinajstić information content (AvgIpc) is 3.26. The molecule has 6 nitrogen and oxygen atoms in total. The maximum atomic E-state index is 12.1. The van der Waals surface area contributed by atoms with Crippen LogP contribution in [0, 0.1) is 0 Å². The molecule has 0 aliphatic rings. The van der Waals surface area contributed by atoms with E-state index in [1.54, 1.807) is 10.6 Å². The van der Waals surface area contributed by atoms with E-state index in [1.807, 2.05) is 55.5 Å². The summed E-state index contributed by atoms with van der Waals surface area (Å²) < 4.78 is 7.02. The minimum Gasteiger partial charge on any atom is -0.334 e. The molecule has 0 unspecified atom stereocenters. The third kappa shape index (κ3) is 3.44. The van der Waals surface area contributed by atoms with Gasteiger partial charge < -0.3 is 9.51 Å². The highest BCUT2D eigenvalue weighted by molar-refractivity contribution is 6.32. The van der Waals surface area contributed by atoms with Crippen molar-refractivity contribution in [2.45, 2.75) is 19.9 Å². The number of imidazole rings is 1. The fourth-order valence-electron chi connectivity index (χ4n) is 2.94. The fourth-order valence-corrected chi connectivity index (χ4v) is 3.14. The first kappa shape index (κ1) is 17.3. The van der Waals surface area contributed by atoms with Crippen molar-refractivity contribution in [1.29, 1.82) is 0 Å². The molecule has 0 atom stereocenters. The van der Waals surface area contributed by atoms with E-state index in [0.717, 1.165) is 28.6 Å². The summed E-state index contributed by atoms with van der Waals surface area (Å²) in [6, 6.07) is 13.1. The van der Waals surface area contributed by atoms with Crippen molar-refractivity contribution in [3.63, 3.8) is 0 Å². The Bertz CT molecular complexity index is 1190. The molecule has 1 N–H and O–H groups in total. The Kier molecular flexibility index (Phi) is 4.64. The second-order valence-electron chi connectivity index (χ2n) is 6.12. The molecule has 0 aliphatic heterocycles. The van der Waals surface area contributed by atoms with Crippen LogP contribution < -0.4 is 5.69 Å². The van der Waals surface area contributed by atoms with Crippen LogP contribution in [0.3, 0.4) is 0 Å². The predicted octanol–water partition coefficient (Wildman–Crippen LogP) is 4.61. The highest BCUT2D eigenvalue weighted by Crippen LogP contribution is 2.22. The minimum atomic E-state index is -0.111. The topological polar surface area (TPSA) is 76.7 Å². The number of hydrogen-bond donors (Lipinski definition) is 1. The Morgan fingerprint density at radius 1 is 1.22 bits per heavy atom. The van der Waals surface area contributed by atoms with Crippen molar-refractivity contribution in [3.05, 3.63) is 69.4 Å². The van der Waals surface area contributed by atoms with E-state index in [0.29, 0.717) is 23.3 Å². The summed E-state index contributed by atoms with van der Waals surface area (Å²) in [6.45, 7) is 2.72. The SMILES string of the molecule is CCCn1c(=O)[nH]c2cc(-c3noc(/C=C/c4ccccc4Cl)n3)ccc21. The number of rotatable bonds is 5. The molecule has 7 heteroatoms. The normalized spacial score (nSPS) is 11.6. The third-order valence-electron chi connectivity index (χ3n) is 4.23. The summed E-state index contributed by atoms with van der Waals surface area (Å²) in [5.41, 5.74) is 3.15. The number of nitrogens with one attached hydrogen (secondary N) is 1. The minimum absolute atomic E-state index is 0.111. The van der Waals surface area contributed by atoms with Crippen molar-refractivity contribution < 1.29 is 4.52 Å². The van der Waals surface area contributed by atoms with Crippen LogP contribution in [-0.4, -0.2) is 19.7 Å². The van der Waals surface area contributed by atoms with E-state index in [2.05, 4.69) is 15.1 Å². The first-order valence-electron chi connectivity index (χ1n) is 8.65. The number of benzene rings is 2. The Morgan fingerprint density at radius 3 is 2.89 bits per heavy atom. The van der Waals surface area contributed by atoms with Gasteiger partial charge in [0.1, 0.15) is 0 Å². The molecular weight excluding hydrogens is 364 g/mol. The van der Waals surface area contributed by atoms with Gasteiger partial charge in [-0.1, -0.05) is 41.9 Å². The molecule has 27 heavy (non-hydrogen) atoms. The first-order chi connectivity index (χ1) is 13.2. The van der Waals surface area contributed by atoms with Crippen LogP contribution in [0.5, 0.6) is 0 Å². The second-order valence-corrected chi connectivity index (χ2v) is 6.53. The lowest BCUT2D eigenvalue weighted by Crippen LogP contribution is -2.16. The second kappa shape index (κ2) is 7.25. The summed E-state index contributed by atoms with van der Waals surface area (Å²) in [5, 5.41) is 4.68. The standard InChI is InChI=1S/C20H17ClN4O2/c1-2-11-25-17-9-7-14(12-16(17)22-20(25)26)19-23-18(27-24-19)10-8-13-5-3-4-6-15(13)21/h3-10,12H,2,11H2,1H3,(H,22,26)/b10-8+. The zero-order chi connectivity index (χ0) is 18.8. The smallest absolute Gasteiger partial charge is 0.326 e. The number of aryl methyl sites for hydroxylation is 1. The molecule has 136 valence electrons. The van der Waals surface area contributed by atoms with Crippen LogP contribution in [0.2, 0.25) is 5.02 Å². The summed E-state index contributed by atoms with van der Waals surface area (Å²) >= 11 is 6.14. The van der Waals surface area contributed by atoms with E-state index in [1.165, 1.54) is 0 Å². The van der Waals surface area contributed by atoms with Crippen molar-refractivity contribution in [3.8, 4) is 11.4 Å². The molecule has 0 amide bonds. The molecule has 0 bridgehead atoms. The zero-order valence-electron chi connectivity index (χ0n) is 14.6. The van der Waals surface area contributed by atoms with Gasteiger partial charge in [0.05, 0.1) is 11.0 Å². The molecule has 0 saturated carbocycles. The molecule has 2 aromatic heterocycles. The molecule has 0 saturated heterocycles. The molecule has 0 radical (unpaired) electrons. The van der Waals surface area contributed by atoms with Crippen LogP contribution in [0.15, 0.2) is 51.8 Å². The summed E-state index contributed by atoms with van der Waals surface area (Å²) in [6.07, 6.45) is 4.43. The van der Waals surface area contributed by atoms with E-state index in [9.17, 15) is 4.79 Å². The van der Waals surface area contributed by atoms with E-state index >= 15 is 0 Å². The molecule has 2 heterocycles. The maximum absolute atomic E-state index is 12.1. The van der Waals surface area contributed by atoms with Gasteiger partial charge in [0, 0.05) is 23.2 Å². The number of hydrogen-bond acceptors (Lipinski definition) is 4. The highest BCUT2D eigenvalue weighted by Gasteiger charge is 2.11. The molecule has 0 fully saturated rings. The van der Waals surface area contributed by atoms with Crippen LogP contribution in [0.25, 0.3) is 34.6 Å². The van der Waals surface area contributed by atoms with Gasteiger partial charge in [-0.15, -0.1) is 0 Å². The number of halogens is 1. The predicted molar refractivity (Wildman–Crippen MR) is 107 cm³/mol. The summed E-state index contributed by atoms with van der Waals surface area (Å²) in [7, 11) is 0. The van der Waals surface area contributed by atoms with Gasteiger partial charge in [-0.05, 0) is 42.3 Å². The Hall–Kier alpha value is -3.12. The van der Waals surface area contributed by atoms with Crippen molar-refractivity contribution >= 4 is 34.8 Å². The van der Waals surface area contributed by atoms with Crippen molar-refractivity contribution in [1.82, 2.24) is 19.7 Å². The van der Waals surface area contributed by atoms with Gasteiger partial charge in [0.15, 0.2) is 0 Å². The van der Waals surface area contributed by atoms with Gasteiger partial charge in [-0.2, -0.15) is 4.98 Å². The molecular formula is C20H17ClN4O2. The monoisotopic (exact) mass is 380 g/mol. The van der Waals surface area contributed by atoms with E-state index < -0.39 is 0 Å². The quantitative estimate of drug-likeness (QED) is 0.548. The highest BCUT2D eigenvalue weighted by atomic mass is 35.5. The molecule has 4 rings (SSSR count). The Balaban J connectivity index is 1.63. The lowest BCUT2D eigenvalue weighted by Gasteiger charge is -2.00. The first-order valence-corrected chi connectivity index (χ1v) is 9.03. The molecule has 0 spiro atoms. The number of aromatic nitrogens is 4. The Morgan fingerprint density at radius 2 is 2.07 bits per heavy atom. The van der Waals surface area contributed by atoms with Crippen molar-refractivity contribution in [2.24, 2.45) is 0 Å².